The zero-order chi connectivity index (χ0) is 14.7. The standard InChI is InChI=1S/C17H20FNO/c1-11(2)13-6-4-7-14(10-13)20-17-15(12(3)19)8-5-9-16(17)18/h4-12H,19H2,1-3H3/t12-/m0/s1. The van der Waals surface area contributed by atoms with Gasteiger partial charge in [-0.05, 0) is 36.6 Å². The molecule has 2 nitrogen and oxygen atoms in total. The molecular weight excluding hydrogens is 253 g/mol. The van der Waals surface area contributed by atoms with Gasteiger partial charge in [-0.15, -0.1) is 0 Å². The minimum absolute atomic E-state index is 0.211. The van der Waals surface area contributed by atoms with Gasteiger partial charge in [0.15, 0.2) is 11.6 Å². The van der Waals surface area contributed by atoms with Gasteiger partial charge in [0.25, 0.3) is 0 Å². The summed E-state index contributed by atoms with van der Waals surface area (Å²) >= 11 is 0. The van der Waals surface area contributed by atoms with Crippen LogP contribution in [-0.2, 0) is 0 Å². The van der Waals surface area contributed by atoms with E-state index in [-0.39, 0.29) is 11.8 Å². The second-order valence-electron chi connectivity index (χ2n) is 5.28. The van der Waals surface area contributed by atoms with Crippen molar-refractivity contribution in [3.63, 3.8) is 0 Å². The van der Waals surface area contributed by atoms with Gasteiger partial charge in [0.2, 0.25) is 0 Å². The Kier molecular flexibility index (Phi) is 4.40. The summed E-state index contributed by atoms with van der Waals surface area (Å²) in [4.78, 5) is 0. The van der Waals surface area contributed by atoms with E-state index in [9.17, 15) is 4.39 Å². The third-order valence-corrected chi connectivity index (χ3v) is 3.23. The first-order valence-corrected chi connectivity index (χ1v) is 6.81. The third kappa shape index (κ3) is 3.17. The lowest BCUT2D eigenvalue weighted by atomic mass is 10.0. The molecule has 0 aliphatic rings. The van der Waals surface area contributed by atoms with Crippen molar-refractivity contribution < 1.29 is 9.13 Å². The maximum absolute atomic E-state index is 14.0. The second kappa shape index (κ2) is 6.06. The summed E-state index contributed by atoms with van der Waals surface area (Å²) in [5.41, 5.74) is 7.69. The lowest BCUT2D eigenvalue weighted by molar-refractivity contribution is 0.432. The molecule has 0 aliphatic carbocycles. The van der Waals surface area contributed by atoms with Gasteiger partial charge in [-0.3, -0.25) is 0 Å². The molecule has 2 N–H and O–H groups in total. The number of para-hydroxylation sites is 1. The highest BCUT2D eigenvalue weighted by Gasteiger charge is 2.14. The summed E-state index contributed by atoms with van der Waals surface area (Å²) in [5.74, 6) is 0.841. The quantitative estimate of drug-likeness (QED) is 0.871. The molecule has 2 rings (SSSR count). The van der Waals surface area contributed by atoms with Crippen LogP contribution in [0.1, 0.15) is 43.9 Å². The molecule has 0 heterocycles. The molecule has 0 amide bonds. The van der Waals surface area contributed by atoms with Crippen LogP contribution in [0.5, 0.6) is 11.5 Å². The molecule has 1 atom stereocenters. The molecule has 20 heavy (non-hydrogen) atoms. The zero-order valence-electron chi connectivity index (χ0n) is 12.1. The number of halogens is 1. The molecule has 0 unspecified atom stereocenters. The number of nitrogens with two attached hydrogens (primary N) is 1. The normalized spacial score (nSPS) is 12.5. The minimum atomic E-state index is -0.394. The first-order chi connectivity index (χ1) is 9.49. The number of hydrogen-bond acceptors (Lipinski definition) is 2. The summed E-state index contributed by atoms with van der Waals surface area (Å²) in [6, 6.07) is 12.2. The fourth-order valence-corrected chi connectivity index (χ4v) is 2.05. The average Bonchev–Trinajstić information content (AvgIpc) is 2.41. The Morgan fingerprint density at radius 2 is 1.75 bits per heavy atom. The van der Waals surface area contributed by atoms with Crippen molar-refractivity contribution in [2.45, 2.75) is 32.7 Å². The Balaban J connectivity index is 2.37. The number of benzene rings is 2. The van der Waals surface area contributed by atoms with Gasteiger partial charge in [0.05, 0.1) is 0 Å². The number of rotatable bonds is 4. The van der Waals surface area contributed by atoms with E-state index in [1.807, 2.05) is 31.2 Å². The van der Waals surface area contributed by atoms with Crippen LogP contribution in [0.15, 0.2) is 42.5 Å². The van der Waals surface area contributed by atoms with E-state index in [4.69, 9.17) is 10.5 Å². The monoisotopic (exact) mass is 273 g/mol. The Labute approximate surface area is 119 Å². The third-order valence-electron chi connectivity index (χ3n) is 3.23. The highest BCUT2D eigenvalue weighted by molar-refractivity contribution is 5.41. The van der Waals surface area contributed by atoms with Crippen molar-refractivity contribution >= 4 is 0 Å². The maximum Gasteiger partial charge on any atom is 0.167 e. The zero-order valence-corrected chi connectivity index (χ0v) is 12.1. The molecule has 2 aromatic rings. The first-order valence-electron chi connectivity index (χ1n) is 6.81. The second-order valence-corrected chi connectivity index (χ2v) is 5.28. The van der Waals surface area contributed by atoms with Crippen LogP contribution in [0.25, 0.3) is 0 Å². The molecule has 3 heteroatoms. The van der Waals surface area contributed by atoms with Crippen molar-refractivity contribution in [3.05, 3.63) is 59.4 Å². The van der Waals surface area contributed by atoms with E-state index in [2.05, 4.69) is 13.8 Å². The van der Waals surface area contributed by atoms with E-state index >= 15 is 0 Å². The minimum Gasteiger partial charge on any atom is -0.454 e. The van der Waals surface area contributed by atoms with Gasteiger partial charge in [-0.25, -0.2) is 4.39 Å². The van der Waals surface area contributed by atoms with Crippen LogP contribution in [0.2, 0.25) is 0 Å². The molecule has 0 bridgehead atoms. The summed E-state index contributed by atoms with van der Waals surface area (Å²) in [5, 5.41) is 0. The summed E-state index contributed by atoms with van der Waals surface area (Å²) in [6.45, 7) is 6.03. The van der Waals surface area contributed by atoms with Crippen molar-refractivity contribution in [1.82, 2.24) is 0 Å². The molecule has 106 valence electrons. The molecule has 0 saturated carbocycles. The molecular formula is C17H20FNO. The predicted molar refractivity (Wildman–Crippen MR) is 79.6 cm³/mol. The lowest BCUT2D eigenvalue weighted by Crippen LogP contribution is -2.07. The molecule has 0 spiro atoms. The van der Waals surface area contributed by atoms with Crippen molar-refractivity contribution in [2.75, 3.05) is 0 Å². The van der Waals surface area contributed by atoms with Crippen LogP contribution in [-0.4, -0.2) is 0 Å². The topological polar surface area (TPSA) is 35.2 Å². The molecule has 0 saturated heterocycles. The van der Waals surface area contributed by atoms with Crippen LogP contribution < -0.4 is 10.5 Å². The number of hydrogen-bond donors (Lipinski definition) is 1. The Hall–Kier alpha value is -1.87. The highest BCUT2D eigenvalue weighted by Crippen LogP contribution is 2.32. The van der Waals surface area contributed by atoms with Crippen LogP contribution in [0, 0.1) is 5.82 Å². The summed E-state index contributed by atoms with van der Waals surface area (Å²) in [6.07, 6.45) is 0. The SMILES string of the molecule is CC(C)c1cccc(Oc2c(F)cccc2[C@H](C)N)c1. The molecule has 2 aromatic carbocycles. The average molecular weight is 273 g/mol. The summed E-state index contributed by atoms with van der Waals surface area (Å²) in [7, 11) is 0. The molecule has 0 aliphatic heterocycles. The van der Waals surface area contributed by atoms with Gasteiger partial charge >= 0.3 is 0 Å². The smallest absolute Gasteiger partial charge is 0.167 e. The fourth-order valence-electron chi connectivity index (χ4n) is 2.05. The van der Waals surface area contributed by atoms with E-state index in [1.54, 1.807) is 12.1 Å². The Bertz CT molecular complexity index is 593. The van der Waals surface area contributed by atoms with Gasteiger partial charge < -0.3 is 10.5 Å². The largest absolute Gasteiger partial charge is 0.454 e. The van der Waals surface area contributed by atoms with Crippen molar-refractivity contribution in [3.8, 4) is 11.5 Å². The van der Waals surface area contributed by atoms with Gasteiger partial charge in [0.1, 0.15) is 5.75 Å². The maximum atomic E-state index is 14.0. The van der Waals surface area contributed by atoms with Gasteiger partial charge in [0, 0.05) is 11.6 Å². The predicted octanol–water partition coefficient (Wildman–Crippen LogP) is 4.76. The van der Waals surface area contributed by atoms with Gasteiger partial charge in [-0.1, -0.05) is 38.1 Å². The van der Waals surface area contributed by atoms with Crippen molar-refractivity contribution in [1.29, 1.82) is 0 Å². The van der Waals surface area contributed by atoms with Crippen LogP contribution in [0.4, 0.5) is 4.39 Å². The number of ether oxygens (including phenoxy) is 1. The molecule has 0 radical (unpaired) electrons. The van der Waals surface area contributed by atoms with E-state index in [1.165, 1.54) is 6.07 Å². The lowest BCUT2D eigenvalue weighted by Gasteiger charge is -2.15. The van der Waals surface area contributed by atoms with Crippen LogP contribution >= 0.6 is 0 Å². The first kappa shape index (κ1) is 14.5. The van der Waals surface area contributed by atoms with Crippen LogP contribution in [0.3, 0.4) is 0 Å². The van der Waals surface area contributed by atoms with Crippen molar-refractivity contribution in [2.24, 2.45) is 5.73 Å². The van der Waals surface area contributed by atoms with E-state index in [0.717, 1.165) is 5.56 Å². The molecule has 0 aromatic heterocycles. The van der Waals surface area contributed by atoms with E-state index < -0.39 is 5.82 Å². The Morgan fingerprint density at radius 3 is 2.40 bits per heavy atom. The fraction of sp³-hybridized carbons (Fsp3) is 0.294. The molecule has 0 fully saturated rings. The Morgan fingerprint density at radius 1 is 1.05 bits per heavy atom. The van der Waals surface area contributed by atoms with E-state index in [0.29, 0.717) is 17.2 Å². The summed E-state index contributed by atoms with van der Waals surface area (Å²) < 4.78 is 19.7. The highest BCUT2D eigenvalue weighted by atomic mass is 19.1. The van der Waals surface area contributed by atoms with Gasteiger partial charge in [-0.2, -0.15) is 0 Å².